The molecule has 1 N–H and O–H groups in total. The number of fused-ring (bicyclic) bond motifs is 1. The highest BCUT2D eigenvalue weighted by Gasteiger charge is 2.17. The lowest BCUT2D eigenvalue weighted by atomic mass is 10.0. The predicted octanol–water partition coefficient (Wildman–Crippen LogP) is 6.56. The van der Waals surface area contributed by atoms with Crippen molar-refractivity contribution in [2.45, 2.75) is 6.92 Å². The second-order valence-corrected chi connectivity index (χ2v) is 8.09. The summed E-state index contributed by atoms with van der Waals surface area (Å²) in [5.41, 5.74) is 3.86. The minimum Gasteiger partial charge on any atom is -0.322 e. The van der Waals surface area contributed by atoms with Crippen molar-refractivity contribution in [2.75, 3.05) is 5.32 Å². The lowest BCUT2D eigenvalue weighted by Gasteiger charge is -2.11. The van der Waals surface area contributed by atoms with Gasteiger partial charge in [-0.25, -0.2) is 13.8 Å². The summed E-state index contributed by atoms with van der Waals surface area (Å²) >= 11 is 5.96. The molecule has 0 aliphatic rings. The maximum absolute atomic E-state index is 14.6. The van der Waals surface area contributed by atoms with E-state index in [1.54, 1.807) is 48.1 Å². The molecule has 0 saturated carbocycles. The molecule has 0 fully saturated rings. The topological polar surface area (TPSA) is 59.3 Å². The van der Waals surface area contributed by atoms with Crippen molar-refractivity contribution < 1.29 is 13.6 Å². The van der Waals surface area contributed by atoms with Crippen molar-refractivity contribution in [3.05, 3.63) is 107 Å². The predicted molar refractivity (Wildman–Crippen MR) is 128 cm³/mol. The zero-order valence-electron chi connectivity index (χ0n) is 17.9. The van der Waals surface area contributed by atoms with Gasteiger partial charge in [0.05, 0.1) is 33.6 Å². The first kappa shape index (κ1) is 21.7. The van der Waals surface area contributed by atoms with Gasteiger partial charge in [0.1, 0.15) is 11.6 Å². The number of aromatic nitrogens is 3. The van der Waals surface area contributed by atoms with Gasteiger partial charge in [0.2, 0.25) is 0 Å². The van der Waals surface area contributed by atoms with E-state index in [1.165, 1.54) is 30.3 Å². The molecule has 0 unspecified atom stereocenters. The highest BCUT2D eigenvalue weighted by atomic mass is 35.5. The number of pyridine rings is 2. The SMILES string of the molecule is Cc1ncc(-c2cccn3c(-c4cccc(Cl)c4F)ncc23)cc1C(=O)Nc1ccc(F)cc1. The minimum absolute atomic E-state index is 0.0185. The summed E-state index contributed by atoms with van der Waals surface area (Å²) in [5.74, 6) is -0.880. The van der Waals surface area contributed by atoms with E-state index >= 15 is 0 Å². The Morgan fingerprint density at radius 3 is 2.53 bits per heavy atom. The second kappa shape index (κ2) is 8.68. The van der Waals surface area contributed by atoms with E-state index in [9.17, 15) is 13.6 Å². The summed E-state index contributed by atoms with van der Waals surface area (Å²) in [6.45, 7) is 1.74. The van der Waals surface area contributed by atoms with Crippen LogP contribution in [0.4, 0.5) is 14.5 Å². The number of hydrogen-bond donors (Lipinski definition) is 1. The third-order valence-corrected chi connectivity index (χ3v) is 5.80. The van der Waals surface area contributed by atoms with Gasteiger partial charge in [-0.15, -0.1) is 0 Å². The Hall–Kier alpha value is -4.10. The minimum atomic E-state index is -0.543. The van der Waals surface area contributed by atoms with E-state index in [-0.39, 0.29) is 22.3 Å². The fourth-order valence-electron chi connectivity index (χ4n) is 3.78. The Bertz CT molecular complexity index is 1550. The summed E-state index contributed by atoms with van der Waals surface area (Å²) in [7, 11) is 0. The van der Waals surface area contributed by atoms with Crippen LogP contribution in [-0.4, -0.2) is 20.3 Å². The van der Waals surface area contributed by atoms with Crippen molar-refractivity contribution in [2.24, 2.45) is 0 Å². The molecule has 168 valence electrons. The van der Waals surface area contributed by atoms with Crippen LogP contribution in [0.2, 0.25) is 5.02 Å². The number of aryl methyl sites for hydroxylation is 1. The molecule has 2 aromatic carbocycles. The summed E-state index contributed by atoms with van der Waals surface area (Å²) in [6, 6.07) is 15.7. The van der Waals surface area contributed by atoms with E-state index in [2.05, 4.69) is 15.3 Å². The molecule has 5 aromatic rings. The molecule has 34 heavy (non-hydrogen) atoms. The number of nitrogens with one attached hydrogen (secondary N) is 1. The zero-order valence-corrected chi connectivity index (χ0v) is 18.6. The highest BCUT2D eigenvalue weighted by Crippen LogP contribution is 2.31. The van der Waals surface area contributed by atoms with E-state index in [0.717, 1.165) is 5.56 Å². The lowest BCUT2D eigenvalue weighted by molar-refractivity contribution is 0.102. The molecule has 3 aromatic heterocycles. The number of hydrogen-bond acceptors (Lipinski definition) is 3. The average Bonchev–Trinajstić information content (AvgIpc) is 3.27. The van der Waals surface area contributed by atoms with Gasteiger partial charge in [0.15, 0.2) is 5.82 Å². The van der Waals surface area contributed by atoms with E-state index in [1.807, 2.05) is 12.1 Å². The van der Waals surface area contributed by atoms with Gasteiger partial charge >= 0.3 is 0 Å². The van der Waals surface area contributed by atoms with Crippen molar-refractivity contribution >= 4 is 28.7 Å². The van der Waals surface area contributed by atoms with Crippen LogP contribution in [0.3, 0.4) is 0 Å². The summed E-state index contributed by atoms with van der Waals surface area (Å²) in [6.07, 6.45) is 5.10. The number of amides is 1. The molecule has 0 bridgehead atoms. The molecular formula is C26H17ClF2N4O. The number of anilines is 1. The van der Waals surface area contributed by atoms with Gasteiger partial charge in [-0.05, 0) is 55.5 Å². The third kappa shape index (κ3) is 3.91. The molecule has 5 nitrogen and oxygen atoms in total. The van der Waals surface area contributed by atoms with E-state index in [0.29, 0.717) is 33.8 Å². The fraction of sp³-hybridized carbons (Fsp3) is 0.0385. The summed E-state index contributed by atoms with van der Waals surface area (Å²) < 4.78 is 29.6. The van der Waals surface area contributed by atoms with Crippen LogP contribution in [0.15, 0.2) is 79.3 Å². The maximum Gasteiger partial charge on any atom is 0.257 e. The van der Waals surface area contributed by atoms with Crippen molar-refractivity contribution in [3.8, 4) is 22.5 Å². The van der Waals surface area contributed by atoms with Crippen molar-refractivity contribution in [1.82, 2.24) is 14.4 Å². The molecule has 0 aliphatic carbocycles. The van der Waals surface area contributed by atoms with E-state index in [4.69, 9.17) is 11.6 Å². The molecule has 1 amide bonds. The number of imidazole rings is 1. The van der Waals surface area contributed by atoms with Crippen molar-refractivity contribution in [3.63, 3.8) is 0 Å². The van der Waals surface area contributed by atoms with Crippen LogP contribution in [0.25, 0.3) is 28.0 Å². The molecule has 0 atom stereocenters. The quantitative estimate of drug-likeness (QED) is 0.321. The molecular weight excluding hydrogens is 458 g/mol. The Morgan fingerprint density at radius 1 is 0.971 bits per heavy atom. The van der Waals surface area contributed by atoms with Gasteiger partial charge in [-0.1, -0.05) is 23.7 Å². The molecule has 0 saturated heterocycles. The highest BCUT2D eigenvalue weighted by molar-refractivity contribution is 6.31. The Kier molecular flexibility index (Phi) is 5.55. The number of nitrogens with zero attached hydrogens (tertiary/aromatic N) is 3. The van der Waals surface area contributed by atoms with Crippen LogP contribution in [0, 0.1) is 18.6 Å². The monoisotopic (exact) mass is 474 g/mol. The normalized spacial score (nSPS) is 11.1. The number of carbonyl (C=O) groups excluding carboxylic acids is 1. The van der Waals surface area contributed by atoms with Crippen LogP contribution in [0.5, 0.6) is 0 Å². The second-order valence-electron chi connectivity index (χ2n) is 7.68. The summed E-state index contributed by atoms with van der Waals surface area (Å²) in [5, 5.41) is 2.78. The number of carbonyl (C=O) groups is 1. The number of halogens is 3. The molecule has 3 heterocycles. The Morgan fingerprint density at radius 2 is 1.74 bits per heavy atom. The van der Waals surface area contributed by atoms with Crippen LogP contribution in [0.1, 0.15) is 16.1 Å². The first-order valence-corrected chi connectivity index (χ1v) is 10.7. The number of benzene rings is 2. The van der Waals surface area contributed by atoms with Gasteiger partial charge in [-0.3, -0.25) is 14.2 Å². The molecule has 0 spiro atoms. The standard InChI is InChI=1S/C26H17ClF2N4O/c1-15-21(26(34)32-18-9-7-17(28)8-10-18)12-16(13-30-15)19-5-3-11-33-23(19)14-31-25(33)20-4-2-6-22(27)24(20)29/h2-14H,1H3,(H,32,34). The Balaban J connectivity index is 1.55. The van der Waals surface area contributed by atoms with Crippen LogP contribution >= 0.6 is 11.6 Å². The maximum atomic E-state index is 14.6. The fourth-order valence-corrected chi connectivity index (χ4v) is 3.96. The molecule has 0 radical (unpaired) electrons. The van der Waals surface area contributed by atoms with Gasteiger partial charge in [-0.2, -0.15) is 0 Å². The average molecular weight is 475 g/mol. The van der Waals surface area contributed by atoms with Gasteiger partial charge < -0.3 is 5.32 Å². The lowest BCUT2D eigenvalue weighted by Crippen LogP contribution is -2.14. The smallest absolute Gasteiger partial charge is 0.257 e. The summed E-state index contributed by atoms with van der Waals surface area (Å²) in [4.78, 5) is 21.7. The zero-order chi connectivity index (χ0) is 23.8. The third-order valence-electron chi connectivity index (χ3n) is 5.51. The first-order chi connectivity index (χ1) is 16.4. The van der Waals surface area contributed by atoms with Gasteiger partial charge in [0, 0.05) is 29.2 Å². The molecule has 8 heteroatoms. The van der Waals surface area contributed by atoms with Crippen LogP contribution in [-0.2, 0) is 0 Å². The van der Waals surface area contributed by atoms with Crippen molar-refractivity contribution in [1.29, 1.82) is 0 Å². The first-order valence-electron chi connectivity index (χ1n) is 10.4. The molecule has 0 aliphatic heterocycles. The van der Waals surface area contributed by atoms with Crippen LogP contribution < -0.4 is 5.32 Å². The Labute approximate surface area is 198 Å². The number of rotatable bonds is 4. The van der Waals surface area contributed by atoms with Gasteiger partial charge in [0.25, 0.3) is 5.91 Å². The van der Waals surface area contributed by atoms with E-state index < -0.39 is 5.82 Å². The largest absolute Gasteiger partial charge is 0.322 e. The molecule has 5 rings (SSSR count).